The van der Waals surface area contributed by atoms with Crippen LogP contribution < -0.4 is 4.74 Å². The van der Waals surface area contributed by atoms with Gasteiger partial charge in [-0.2, -0.15) is 4.39 Å². The van der Waals surface area contributed by atoms with Crippen LogP contribution in [-0.2, 0) is 6.42 Å². The molecule has 0 saturated heterocycles. The summed E-state index contributed by atoms with van der Waals surface area (Å²) in [5, 5.41) is 0. The van der Waals surface area contributed by atoms with Crippen LogP contribution in [0.1, 0.15) is 64.0 Å². The average molecular weight is 282 g/mol. The van der Waals surface area contributed by atoms with Crippen molar-refractivity contribution in [2.24, 2.45) is 5.92 Å². The number of fused-ring (bicyclic) bond motifs is 1. The molecule has 3 unspecified atom stereocenters. The van der Waals surface area contributed by atoms with Crippen molar-refractivity contribution < 1.29 is 13.5 Å². The van der Waals surface area contributed by atoms with E-state index in [2.05, 4.69) is 13.8 Å². The summed E-state index contributed by atoms with van der Waals surface area (Å²) in [6, 6.07) is 1.80. The largest absolute Gasteiger partial charge is 0.487 e. The van der Waals surface area contributed by atoms with Gasteiger partial charge in [-0.1, -0.05) is 34.1 Å². The first-order chi connectivity index (χ1) is 9.49. The predicted octanol–water partition coefficient (Wildman–Crippen LogP) is 5.22. The fourth-order valence-electron chi connectivity index (χ4n) is 2.75. The summed E-state index contributed by atoms with van der Waals surface area (Å²) in [5.41, 5.74) is 1.30. The van der Waals surface area contributed by atoms with Crippen molar-refractivity contribution in [2.75, 3.05) is 0 Å². The zero-order valence-electron chi connectivity index (χ0n) is 12.8. The van der Waals surface area contributed by atoms with Gasteiger partial charge in [-0.05, 0) is 48.3 Å². The SMILES string of the molecule is CCC(C)c1cc2c(c(F)c1F)OC(C(C)CC)CC2. The van der Waals surface area contributed by atoms with E-state index in [1.165, 1.54) is 0 Å². The Bertz CT molecular complexity index is 484. The Hall–Kier alpha value is -1.12. The van der Waals surface area contributed by atoms with Gasteiger partial charge in [0.15, 0.2) is 11.6 Å². The first-order valence-corrected chi connectivity index (χ1v) is 7.66. The summed E-state index contributed by atoms with van der Waals surface area (Å²) < 4.78 is 34.2. The molecular formula is C17H24F2O. The Kier molecular flexibility index (Phi) is 4.66. The lowest BCUT2D eigenvalue weighted by Crippen LogP contribution is -2.30. The molecule has 0 N–H and O–H groups in total. The van der Waals surface area contributed by atoms with Crippen molar-refractivity contribution in [1.29, 1.82) is 0 Å². The summed E-state index contributed by atoms with van der Waals surface area (Å²) in [6.45, 7) is 8.09. The smallest absolute Gasteiger partial charge is 0.201 e. The molecular weight excluding hydrogens is 258 g/mol. The fraction of sp³-hybridized carbons (Fsp3) is 0.647. The van der Waals surface area contributed by atoms with E-state index >= 15 is 0 Å². The van der Waals surface area contributed by atoms with Gasteiger partial charge in [-0.15, -0.1) is 0 Å². The first kappa shape index (κ1) is 15.3. The predicted molar refractivity (Wildman–Crippen MR) is 77.3 cm³/mol. The second kappa shape index (κ2) is 6.11. The van der Waals surface area contributed by atoms with Crippen molar-refractivity contribution in [1.82, 2.24) is 0 Å². The Morgan fingerprint density at radius 2 is 1.90 bits per heavy atom. The Labute approximate surface area is 120 Å². The van der Waals surface area contributed by atoms with E-state index in [1.54, 1.807) is 6.07 Å². The van der Waals surface area contributed by atoms with E-state index in [1.807, 2.05) is 13.8 Å². The molecule has 1 aliphatic rings. The minimum atomic E-state index is -0.800. The van der Waals surface area contributed by atoms with Gasteiger partial charge in [0.25, 0.3) is 0 Å². The molecule has 0 spiro atoms. The van der Waals surface area contributed by atoms with Crippen LogP contribution in [0.5, 0.6) is 5.75 Å². The van der Waals surface area contributed by atoms with E-state index in [0.717, 1.165) is 31.2 Å². The van der Waals surface area contributed by atoms with Crippen molar-refractivity contribution >= 4 is 0 Å². The molecule has 0 bridgehead atoms. The van der Waals surface area contributed by atoms with E-state index in [9.17, 15) is 8.78 Å². The van der Waals surface area contributed by atoms with Crippen LogP contribution in [0.3, 0.4) is 0 Å². The van der Waals surface area contributed by atoms with Gasteiger partial charge in [0.1, 0.15) is 6.10 Å². The van der Waals surface area contributed by atoms with Crippen LogP contribution in [-0.4, -0.2) is 6.10 Å². The minimum absolute atomic E-state index is 0.00384. The molecule has 1 heterocycles. The van der Waals surface area contributed by atoms with Crippen molar-refractivity contribution in [2.45, 2.75) is 65.4 Å². The second-order valence-electron chi connectivity index (χ2n) is 5.97. The van der Waals surface area contributed by atoms with Crippen LogP contribution in [0.4, 0.5) is 8.78 Å². The topological polar surface area (TPSA) is 9.23 Å². The third-order valence-electron chi connectivity index (χ3n) is 4.66. The van der Waals surface area contributed by atoms with Gasteiger partial charge in [0.2, 0.25) is 5.82 Å². The lowest BCUT2D eigenvalue weighted by molar-refractivity contribution is 0.109. The highest BCUT2D eigenvalue weighted by molar-refractivity contribution is 5.42. The summed E-state index contributed by atoms with van der Waals surface area (Å²) >= 11 is 0. The molecule has 0 radical (unpaired) electrons. The lowest BCUT2D eigenvalue weighted by Gasteiger charge is -2.31. The van der Waals surface area contributed by atoms with Crippen molar-refractivity contribution in [3.05, 3.63) is 28.8 Å². The molecule has 2 rings (SSSR count). The highest BCUT2D eigenvalue weighted by Gasteiger charge is 2.29. The third-order valence-corrected chi connectivity index (χ3v) is 4.66. The molecule has 20 heavy (non-hydrogen) atoms. The van der Waals surface area contributed by atoms with Gasteiger partial charge in [-0.3, -0.25) is 0 Å². The van der Waals surface area contributed by atoms with Crippen molar-refractivity contribution in [3.8, 4) is 5.75 Å². The fourth-order valence-corrected chi connectivity index (χ4v) is 2.75. The Balaban J connectivity index is 2.37. The molecule has 1 aromatic carbocycles. The van der Waals surface area contributed by atoms with E-state index in [4.69, 9.17) is 4.74 Å². The molecule has 0 fully saturated rings. The summed E-state index contributed by atoms with van der Waals surface area (Å²) in [5.74, 6) is -0.998. The highest BCUT2D eigenvalue weighted by Crippen LogP contribution is 2.38. The number of rotatable bonds is 4. The molecule has 1 aliphatic heterocycles. The first-order valence-electron chi connectivity index (χ1n) is 7.66. The number of hydrogen-bond acceptors (Lipinski definition) is 1. The summed E-state index contributed by atoms with van der Waals surface area (Å²) in [6.07, 6.45) is 3.43. The lowest BCUT2D eigenvalue weighted by atomic mass is 9.89. The van der Waals surface area contributed by atoms with Gasteiger partial charge >= 0.3 is 0 Å². The summed E-state index contributed by atoms with van der Waals surface area (Å²) in [4.78, 5) is 0. The number of halogens is 2. The van der Waals surface area contributed by atoms with E-state index in [-0.39, 0.29) is 17.8 Å². The second-order valence-corrected chi connectivity index (χ2v) is 5.97. The average Bonchev–Trinajstić information content (AvgIpc) is 2.48. The number of ether oxygens (including phenoxy) is 1. The van der Waals surface area contributed by atoms with Gasteiger partial charge in [-0.25, -0.2) is 4.39 Å². The maximum Gasteiger partial charge on any atom is 0.201 e. The number of aryl methyl sites for hydroxylation is 1. The van der Waals surface area contributed by atoms with Crippen LogP contribution in [0, 0.1) is 17.6 Å². The highest BCUT2D eigenvalue weighted by atomic mass is 19.2. The van der Waals surface area contributed by atoms with Crippen LogP contribution >= 0.6 is 0 Å². The normalized spacial score (nSPS) is 21.0. The van der Waals surface area contributed by atoms with E-state index < -0.39 is 11.6 Å². The van der Waals surface area contributed by atoms with Crippen molar-refractivity contribution in [3.63, 3.8) is 0 Å². The number of benzene rings is 1. The third kappa shape index (κ3) is 2.68. The van der Waals surface area contributed by atoms with Gasteiger partial charge in [0.05, 0.1) is 0 Å². The number of hydrogen-bond donors (Lipinski definition) is 0. The van der Waals surface area contributed by atoms with Crippen LogP contribution in [0.25, 0.3) is 0 Å². The molecule has 112 valence electrons. The molecule has 1 aromatic rings. The Morgan fingerprint density at radius 3 is 2.50 bits per heavy atom. The van der Waals surface area contributed by atoms with Crippen LogP contribution in [0.2, 0.25) is 0 Å². The molecule has 0 saturated carbocycles. The van der Waals surface area contributed by atoms with Crippen LogP contribution in [0.15, 0.2) is 6.07 Å². The Morgan fingerprint density at radius 1 is 1.20 bits per heavy atom. The summed E-state index contributed by atoms with van der Waals surface area (Å²) in [7, 11) is 0. The molecule has 1 nitrogen and oxygen atoms in total. The quantitative estimate of drug-likeness (QED) is 0.736. The standard InChI is InChI=1S/C17H24F2O/c1-5-10(3)13-9-12-7-8-14(11(4)6-2)20-17(12)16(19)15(13)18/h9-11,14H,5-8H2,1-4H3. The maximum absolute atomic E-state index is 14.3. The van der Waals surface area contributed by atoms with Gasteiger partial charge < -0.3 is 4.74 Å². The molecule has 0 amide bonds. The maximum atomic E-state index is 14.3. The minimum Gasteiger partial charge on any atom is -0.487 e. The molecule has 3 heteroatoms. The zero-order chi connectivity index (χ0) is 14.9. The molecule has 3 atom stereocenters. The zero-order valence-corrected chi connectivity index (χ0v) is 12.8. The van der Waals surface area contributed by atoms with E-state index in [0.29, 0.717) is 11.5 Å². The molecule has 0 aromatic heterocycles. The van der Waals surface area contributed by atoms with Gasteiger partial charge in [0, 0.05) is 0 Å². The molecule has 0 aliphatic carbocycles. The monoisotopic (exact) mass is 282 g/mol.